The predicted molar refractivity (Wildman–Crippen MR) is 149 cm³/mol. The third-order valence-electron chi connectivity index (χ3n) is 5.43. The Balaban J connectivity index is 1.52. The second-order valence-corrected chi connectivity index (χ2v) is 9.98. The maximum atomic E-state index is 13.2. The number of nitrogens with zero attached hydrogens (tertiary/aromatic N) is 2. The van der Waals surface area contributed by atoms with Crippen molar-refractivity contribution in [1.29, 1.82) is 0 Å². The molecule has 1 aliphatic rings. The van der Waals surface area contributed by atoms with Crippen molar-refractivity contribution in [3.8, 4) is 11.5 Å². The number of amidine groups is 1. The number of rotatable bonds is 9. The predicted octanol–water partition coefficient (Wildman–Crippen LogP) is 6.60. The molecule has 4 rings (SSSR count). The highest BCUT2D eigenvalue weighted by molar-refractivity contribution is 9.10. The van der Waals surface area contributed by atoms with Gasteiger partial charge in [0.15, 0.2) is 5.17 Å². The van der Waals surface area contributed by atoms with Crippen LogP contribution in [0.25, 0.3) is 6.08 Å². The number of methoxy groups -OCH3 is 2. The fourth-order valence-corrected chi connectivity index (χ4v) is 5.11. The standard InChI is InChI=1S/C28H27BrN2O4S/c1-19-5-4-6-21(15-19)18-35-25-12-7-20(16-24(25)29)17-26-27(32)31(13-14-33-2)28(36-26)30-22-8-10-23(34-3)11-9-22/h4-12,15-17H,13-14,18H2,1-3H3/b26-17-,30-28?. The van der Waals surface area contributed by atoms with Gasteiger partial charge in [-0.25, -0.2) is 4.99 Å². The Hall–Kier alpha value is -3.07. The molecule has 0 aliphatic carbocycles. The molecule has 0 atom stereocenters. The van der Waals surface area contributed by atoms with Crippen molar-refractivity contribution in [3.63, 3.8) is 0 Å². The van der Waals surface area contributed by atoms with E-state index in [4.69, 9.17) is 19.2 Å². The summed E-state index contributed by atoms with van der Waals surface area (Å²) in [7, 11) is 3.24. The molecule has 6 nitrogen and oxygen atoms in total. The van der Waals surface area contributed by atoms with Crippen molar-refractivity contribution < 1.29 is 19.0 Å². The van der Waals surface area contributed by atoms with E-state index in [9.17, 15) is 4.79 Å². The number of hydrogen-bond donors (Lipinski definition) is 0. The Labute approximate surface area is 224 Å². The Morgan fingerprint density at radius 2 is 1.86 bits per heavy atom. The molecule has 3 aromatic rings. The highest BCUT2D eigenvalue weighted by Crippen LogP contribution is 2.35. The lowest BCUT2D eigenvalue weighted by Gasteiger charge is -2.14. The minimum absolute atomic E-state index is 0.0970. The van der Waals surface area contributed by atoms with Crippen LogP contribution in [0.15, 0.2) is 81.1 Å². The molecule has 1 saturated heterocycles. The van der Waals surface area contributed by atoms with Crippen LogP contribution in [0.1, 0.15) is 16.7 Å². The van der Waals surface area contributed by atoms with E-state index in [-0.39, 0.29) is 5.91 Å². The van der Waals surface area contributed by atoms with E-state index >= 15 is 0 Å². The zero-order chi connectivity index (χ0) is 25.5. The van der Waals surface area contributed by atoms with Crippen LogP contribution in [0.4, 0.5) is 5.69 Å². The minimum atomic E-state index is -0.0970. The fourth-order valence-electron chi connectivity index (χ4n) is 3.58. The molecule has 0 saturated carbocycles. The molecule has 36 heavy (non-hydrogen) atoms. The van der Waals surface area contributed by atoms with Gasteiger partial charge in [-0.15, -0.1) is 0 Å². The molecular formula is C28H27BrN2O4S. The van der Waals surface area contributed by atoms with E-state index in [1.54, 1.807) is 19.1 Å². The first kappa shape index (κ1) is 26.0. The van der Waals surface area contributed by atoms with Crippen molar-refractivity contribution in [3.05, 3.63) is 92.8 Å². The van der Waals surface area contributed by atoms with E-state index in [1.165, 1.54) is 17.3 Å². The summed E-state index contributed by atoms with van der Waals surface area (Å²) < 4.78 is 17.2. The van der Waals surface area contributed by atoms with Crippen molar-refractivity contribution in [2.45, 2.75) is 13.5 Å². The molecule has 1 amide bonds. The lowest BCUT2D eigenvalue weighted by atomic mass is 10.1. The van der Waals surface area contributed by atoms with Gasteiger partial charge in [0.2, 0.25) is 0 Å². The van der Waals surface area contributed by atoms with Gasteiger partial charge in [-0.1, -0.05) is 35.9 Å². The first-order valence-corrected chi connectivity index (χ1v) is 13.0. The molecule has 0 bridgehead atoms. The minimum Gasteiger partial charge on any atom is -0.497 e. The number of hydrogen-bond acceptors (Lipinski definition) is 6. The zero-order valence-electron chi connectivity index (χ0n) is 20.4. The van der Waals surface area contributed by atoms with Crippen molar-refractivity contribution in [2.75, 3.05) is 27.4 Å². The Morgan fingerprint density at radius 1 is 1.06 bits per heavy atom. The van der Waals surface area contributed by atoms with Gasteiger partial charge in [0.05, 0.1) is 35.3 Å². The van der Waals surface area contributed by atoms with E-state index in [0.717, 1.165) is 32.8 Å². The second kappa shape index (κ2) is 12.3. The van der Waals surface area contributed by atoms with Crippen LogP contribution >= 0.6 is 27.7 Å². The second-order valence-electron chi connectivity index (χ2n) is 8.12. The van der Waals surface area contributed by atoms with Gasteiger partial charge in [-0.3, -0.25) is 9.69 Å². The molecule has 0 N–H and O–H groups in total. The number of benzene rings is 3. The lowest BCUT2D eigenvalue weighted by Crippen LogP contribution is -2.32. The van der Waals surface area contributed by atoms with Crippen molar-refractivity contribution in [2.24, 2.45) is 4.99 Å². The van der Waals surface area contributed by atoms with Crippen LogP contribution in [0, 0.1) is 6.92 Å². The van der Waals surface area contributed by atoms with Gasteiger partial charge >= 0.3 is 0 Å². The molecule has 0 aromatic heterocycles. The average Bonchev–Trinajstić information content (AvgIpc) is 3.16. The summed E-state index contributed by atoms with van der Waals surface area (Å²) in [5.74, 6) is 1.40. The SMILES string of the molecule is COCCN1C(=O)/C(=C/c2ccc(OCc3cccc(C)c3)c(Br)c2)SC1=Nc1ccc(OC)cc1. The number of ether oxygens (including phenoxy) is 3. The monoisotopic (exact) mass is 566 g/mol. The van der Waals surface area contributed by atoms with Gasteiger partial charge in [0.1, 0.15) is 18.1 Å². The lowest BCUT2D eigenvalue weighted by molar-refractivity contribution is -0.122. The van der Waals surface area contributed by atoms with E-state index < -0.39 is 0 Å². The number of amides is 1. The van der Waals surface area contributed by atoms with Gasteiger partial charge in [0, 0.05) is 7.11 Å². The zero-order valence-corrected chi connectivity index (χ0v) is 22.8. The van der Waals surface area contributed by atoms with Crippen LogP contribution in [0.3, 0.4) is 0 Å². The van der Waals surface area contributed by atoms with Crippen LogP contribution in [0.2, 0.25) is 0 Å². The number of thioether (sulfide) groups is 1. The summed E-state index contributed by atoms with van der Waals surface area (Å²) in [5.41, 5.74) is 3.94. The molecule has 0 spiro atoms. The van der Waals surface area contributed by atoms with E-state index in [2.05, 4.69) is 35.0 Å². The quantitative estimate of drug-likeness (QED) is 0.273. The maximum absolute atomic E-state index is 13.2. The van der Waals surface area contributed by atoms with Crippen LogP contribution < -0.4 is 9.47 Å². The smallest absolute Gasteiger partial charge is 0.266 e. The molecule has 186 valence electrons. The Morgan fingerprint density at radius 3 is 2.56 bits per heavy atom. The first-order chi connectivity index (χ1) is 17.5. The average molecular weight is 568 g/mol. The molecule has 0 unspecified atom stereocenters. The largest absolute Gasteiger partial charge is 0.497 e. The van der Waals surface area contributed by atoms with Gasteiger partial charge < -0.3 is 14.2 Å². The molecule has 3 aromatic carbocycles. The maximum Gasteiger partial charge on any atom is 0.266 e. The van der Waals surface area contributed by atoms with Gasteiger partial charge in [0.25, 0.3) is 5.91 Å². The van der Waals surface area contributed by atoms with E-state index in [1.807, 2.05) is 60.7 Å². The van der Waals surface area contributed by atoms with Crippen LogP contribution in [0.5, 0.6) is 11.5 Å². The first-order valence-electron chi connectivity index (χ1n) is 11.4. The summed E-state index contributed by atoms with van der Waals surface area (Å²) in [6.07, 6.45) is 1.87. The highest BCUT2D eigenvalue weighted by atomic mass is 79.9. The topological polar surface area (TPSA) is 60.4 Å². The normalized spacial score (nSPS) is 15.7. The summed E-state index contributed by atoms with van der Waals surface area (Å²) in [6, 6.07) is 21.4. The summed E-state index contributed by atoms with van der Waals surface area (Å²) >= 11 is 4.96. The molecule has 1 aliphatic heterocycles. The van der Waals surface area contributed by atoms with Crippen LogP contribution in [-0.4, -0.2) is 43.3 Å². The molecular weight excluding hydrogens is 540 g/mol. The van der Waals surface area contributed by atoms with Crippen molar-refractivity contribution in [1.82, 2.24) is 4.90 Å². The van der Waals surface area contributed by atoms with Gasteiger partial charge in [-0.2, -0.15) is 0 Å². The third kappa shape index (κ3) is 6.57. The van der Waals surface area contributed by atoms with Crippen molar-refractivity contribution >= 4 is 50.5 Å². The summed E-state index contributed by atoms with van der Waals surface area (Å²) in [4.78, 5) is 20.2. The molecule has 1 heterocycles. The third-order valence-corrected chi connectivity index (χ3v) is 7.06. The van der Waals surface area contributed by atoms with E-state index in [0.29, 0.717) is 29.8 Å². The number of aliphatic imine (C=N–C) groups is 1. The number of halogens is 1. The highest BCUT2D eigenvalue weighted by Gasteiger charge is 2.33. The number of carbonyl (C=O) groups excluding carboxylic acids is 1. The van der Waals surface area contributed by atoms with Crippen LogP contribution in [-0.2, 0) is 16.1 Å². The Bertz CT molecular complexity index is 1290. The molecule has 8 heteroatoms. The number of aryl methyl sites for hydroxylation is 1. The Kier molecular flexibility index (Phi) is 8.85. The summed E-state index contributed by atoms with van der Waals surface area (Å²) in [6.45, 7) is 3.38. The summed E-state index contributed by atoms with van der Waals surface area (Å²) in [5, 5.41) is 0.616. The fraction of sp³-hybridized carbons (Fsp3) is 0.214. The molecule has 1 fully saturated rings. The van der Waals surface area contributed by atoms with Gasteiger partial charge in [-0.05, 0) is 88.2 Å². The number of carbonyl (C=O) groups is 1. The molecule has 0 radical (unpaired) electrons.